The Hall–Kier alpha value is -2.51. The molecule has 0 saturated heterocycles. The van der Waals surface area contributed by atoms with E-state index in [1.54, 1.807) is 13.8 Å². The summed E-state index contributed by atoms with van der Waals surface area (Å²) in [6.07, 6.45) is -0.267. The van der Waals surface area contributed by atoms with Crippen molar-refractivity contribution in [3.8, 4) is 0 Å². The van der Waals surface area contributed by atoms with Gasteiger partial charge in [0.1, 0.15) is 5.82 Å². The van der Waals surface area contributed by atoms with Crippen LogP contribution in [0.4, 0.5) is 10.1 Å². The van der Waals surface area contributed by atoms with Crippen molar-refractivity contribution in [2.45, 2.75) is 26.3 Å². The molecule has 1 amide bonds. The molecule has 0 fully saturated rings. The standard InChI is InChI=1S/C13H15FN2O5/c1-3-15(8(2)4-12(17)18)13(19)9-5-10(14)7-11(6-9)16(20)21/h5-8H,3-4H2,1-2H3,(H,17,18). The molecule has 8 heteroatoms. The summed E-state index contributed by atoms with van der Waals surface area (Å²) in [5.74, 6) is -2.61. The van der Waals surface area contributed by atoms with Crippen LogP contribution in [0, 0.1) is 15.9 Å². The van der Waals surface area contributed by atoms with Crippen LogP contribution in [-0.4, -0.2) is 39.4 Å². The molecule has 0 saturated carbocycles. The van der Waals surface area contributed by atoms with Crippen molar-refractivity contribution < 1.29 is 24.0 Å². The number of halogens is 1. The van der Waals surface area contributed by atoms with Crippen LogP contribution in [0.25, 0.3) is 0 Å². The number of hydrogen-bond donors (Lipinski definition) is 1. The van der Waals surface area contributed by atoms with E-state index in [9.17, 15) is 24.1 Å². The van der Waals surface area contributed by atoms with Crippen molar-refractivity contribution in [2.75, 3.05) is 6.54 Å². The maximum absolute atomic E-state index is 13.4. The van der Waals surface area contributed by atoms with E-state index < -0.39 is 34.3 Å². The predicted molar refractivity (Wildman–Crippen MR) is 71.5 cm³/mol. The molecule has 0 aliphatic carbocycles. The maximum atomic E-state index is 13.4. The summed E-state index contributed by atoms with van der Waals surface area (Å²) in [6.45, 7) is 3.39. The lowest BCUT2D eigenvalue weighted by Gasteiger charge is -2.27. The maximum Gasteiger partial charge on any atom is 0.305 e. The predicted octanol–water partition coefficient (Wildman–Crippen LogP) is 2.06. The molecule has 1 atom stereocenters. The van der Waals surface area contributed by atoms with Crippen molar-refractivity contribution in [2.24, 2.45) is 0 Å². The van der Waals surface area contributed by atoms with Crippen molar-refractivity contribution in [1.82, 2.24) is 4.90 Å². The molecule has 0 aromatic heterocycles. The van der Waals surface area contributed by atoms with Crippen LogP contribution in [0.5, 0.6) is 0 Å². The Labute approximate surface area is 120 Å². The highest BCUT2D eigenvalue weighted by Crippen LogP contribution is 2.19. The summed E-state index contributed by atoms with van der Waals surface area (Å²) in [7, 11) is 0. The fourth-order valence-electron chi connectivity index (χ4n) is 1.99. The Morgan fingerprint density at radius 2 is 2.05 bits per heavy atom. The van der Waals surface area contributed by atoms with Gasteiger partial charge in [-0.3, -0.25) is 19.7 Å². The normalized spacial score (nSPS) is 11.8. The molecule has 0 radical (unpaired) electrons. The molecule has 1 aromatic rings. The number of carboxylic acids is 1. The van der Waals surface area contributed by atoms with Gasteiger partial charge in [0.2, 0.25) is 0 Å². The number of benzene rings is 1. The van der Waals surface area contributed by atoms with Crippen LogP contribution < -0.4 is 0 Å². The number of non-ortho nitro benzene ring substituents is 1. The minimum Gasteiger partial charge on any atom is -0.481 e. The molecule has 1 aromatic carbocycles. The number of hydrogen-bond acceptors (Lipinski definition) is 4. The lowest BCUT2D eigenvalue weighted by molar-refractivity contribution is -0.385. The van der Waals surface area contributed by atoms with Crippen LogP contribution in [0.3, 0.4) is 0 Å². The Morgan fingerprint density at radius 3 is 2.52 bits per heavy atom. The average molecular weight is 298 g/mol. The number of amides is 1. The van der Waals surface area contributed by atoms with Gasteiger partial charge in [0, 0.05) is 24.2 Å². The van der Waals surface area contributed by atoms with E-state index in [-0.39, 0.29) is 18.5 Å². The van der Waals surface area contributed by atoms with E-state index in [2.05, 4.69) is 0 Å². The van der Waals surface area contributed by atoms with Gasteiger partial charge in [-0.05, 0) is 19.9 Å². The topological polar surface area (TPSA) is 101 Å². The van der Waals surface area contributed by atoms with E-state index >= 15 is 0 Å². The number of nitro groups is 1. The highest BCUT2D eigenvalue weighted by molar-refractivity contribution is 5.95. The highest BCUT2D eigenvalue weighted by atomic mass is 19.1. The van der Waals surface area contributed by atoms with Gasteiger partial charge in [-0.25, -0.2) is 4.39 Å². The number of rotatable bonds is 6. The van der Waals surface area contributed by atoms with E-state index in [0.29, 0.717) is 6.07 Å². The SMILES string of the molecule is CCN(C(=O)c1cc(F)cc([N+](=O)[O-])c1)C(C)CC(=O)O. The summed E-state index contributed by atoms with van der Waals surface area (Å²) in [5, 5.41) is 19.4. The molecule has 7 nitrogen and oxygen atoms in total. The van der Waals surface area contributed by atoms with Crippen molar-refractivity contribution in [3.05, 3.63) is 39.7 Å². The van der Waals surface area contributed by atoms with Crippen LogP contribution in [0.2, 0.25) is 0 Å². The smallest absolute Gasteiger partial charge is 0.305 e. The lowest BCUT2D eigenvalue weighted by atomic mass is 10.1. The van der Waals surface area contributed by atoms with Gasteiger partial charge >= 0.3 is 5.97 Å². The number of nitrogens with zero attached hydrogens (tertiary/aromatic N) is 2. The quantitative estimate of drug-likeness (QED) is 0.640. The van der Waals surface area contributed by atoms with Crippen LogP contribution >= 0.6 is 0 Å². The second-order valence-corrected chi connectivity index (χ2v) is 4.49. The molecule has 1 rings (SSSR count). The zero-order chi connectivity index (χ0) is 16.2. The average Bonchev–Trinajstić information content (AvgIpc) is 2.37. The first-order chi connectivity index (χ1) is 9.76. The van der Waals surface area contributed by atoms with Gasteiger partial charge in [-0.1, -0.05) is 0 Å². The Kier molecular flexibility index (Phi) is 5.34. The van der Waals surface area contributed by atoms with E-state index in [1.165, 1.54) is 4.90 Å². The second kappa shape index (κ2) is 6.78. The van der Waals surface area contributed by atoms with Gasteiger partial charge in [-0.15, -0.1) is 0 Å². The third kappa shape index (κ3) is 4.23. The van der Waals surface area contributed by atoms with Crippen LogP contribution in [-0.2, 0) is 4.79 Å². The number of carbonyl (C=O) groups excluding carboxylic acids is 1. The van der Waals surface area contributed by atoms with E-state index in [4.69, 9.17) is 5.11 Å². The van der Waals surface area contributed by atoms with Gasteiger partial charge < -0.3 is 10.0 Å². The molecule has 21 heavy (non-hydrogen) atoms. The molecular weight excluding hydrogens is 283 g/mol. The van der Waals surface area contributed by atoms with E-state index in [1.807, 2.05) is 0 Å². The molecule has 0 aliphatic rings. The molecule has 114 valence electrons. The van der Waals surface area contributed by atoms with Crippen molar-refractivity contribution in [3.63, 3.8) is 0 Å². The number of carbonyl (C=O) groups is 2. The molecule has 0 spiro atoms. The first-order valence-electron chi connectivity index (χ1n) is 6.24. The zero-order valence-electron chi connectivity index (χ0n) is 11.6. The molecule has 1 unspecified atom stereocenters. The first kappa shape index (κ1) is 16.5. The van der Waals surface area contributed by atoms with Gasteiger partial charge in [0.25, 0.3) is 11.6 Å². The first-order valence-corrected chi connectivity index (χ1v) is 6.24. The Balaban J connectivity index is 3.10. The van der Waals surface area contributed by atoms with Crippen LogP contribution in [0.1, 0.15) is 30.6 Å². The molecule has 1 N–H and O–H groups in total. The van der Waals surface area contributed by atoms with Crippen LogP contribution in [0.15, 0.2) is 18.2 Å². The number of carboxylic acid groups (broad SMARTS) is 1. The fraction of sp³-hybridized carbons (Fsp3) is 0.385. The highest BCUT2D eigenvalue weighted by Gasteiger charge is 2.24. The minimum absolute atomic E-state index is 0.180. The van der Waals surface area contributed by atoms with Gasteiger partial charge in [-0.2, -0.15) is 0 Å². The minimum atomic E-state index is -1.07. The second-order valence-electron chi connectivity index (χ2n) is 4.49. The Morgan fingerprint density at radius 1 is 1.43 bits per heavy atom. The fourth-order valence-corrected chi connectivity index (χ4v) is 1.99. The largest absolute Gasteiger partial charge is 0.481 e. The number of nitro benzene ring substituents is 1. The summed E-state index contributed by atoms with van der Waals surface area (Å²) in [5.41, 5.74) is -0.707. The van der Waals surface area contributed by atoms with E-state index in [0.717, 1.165) is 12.1 Å². The third-order valence-electron chi connectivity index (χ3n) is 2.94. The molecule has 0 aliphatic heterocycles. The monoisotopic (exact) mass is 298 g/mol. The molecular formula is C13H15FN2O5. The van der Waals surface area contributed by atoms with Gasteiger partial charge in [0.05, 0.1) is 17.4 Å². The summed E-state index contributed by atoms with van der Waals surface area (Å²) >= 11 is 0. The molecule has 0 bridgehead atoms. The summed E-state index contributed by atoms with van der Waals surface area (Å²) < 4.78 is 13.4. The Bertz CT molecular complexity index is 576. The van der Waals surface area contributed by atoms with Crippen molar-refractivity contribution >= 4 is 17.6 Å². The summed E-state index contributed by atoms with van der Waals surface area (Å²) in [6, 6.07) is 1.98. The lowest BCUT2D eigenvalue weighted by Crippen LogP contribution is -2.39. The summed E-state index contributed by atoms with van der Waals surface area (Å²) in [4.78, 5) is 34.1. The third-order valence-corrected chi connectivity index (χ3v) is 2.94. The van der Waals surface area contributed by atoms with Crippen molar-refractivity contribution in [1.29, 1.82) is 0 Å². The number of aliphatic carboxylic acids is 1. The molecule has 0 heterocycles. The van der Waals surface area contributed by atoms with Gasteiger partial charge in [0.15, 0.2) is 0 Å². The zero-order valence-corrected chi connectivity index (χ0v) is 11.6.